The molecule has 1 amide bonds. The lowest BCUT2D eigenvalue weighted by Gasteiger charge is -2.15. The van der Waals surface area contributed by atoms with E-state index in [1.165, 1.54) is 0 Å². The van der Waals surface area contributed by atoms with Crippen LogP contribution in [0.1, 0.15) is 29.6 Å². The van der Waals surface area contributed by atoms with Gasteiger partial charge in [-0.1, -0.05) is 36.4 Å². The van der Waals surface area contributed by atoms with Gasteiger partial charge < -0.3 is 25.4 Å². The summed E-state index contributed by atoms with van der Waals surface area (Å²) in [6.07, 6.45) is 4.13. The Kier molecular flexibility index (Phi) is 11.0. The quantitative estimate of drug-likeness (QED) is 0.176. The minimum absolute atomic E-state index is 0.108. The van der Waals surface area contributed by atoms with E-state index in [1.54, 1.807) is 18.3 Å². The predicted octanol–water partition coefficient (Wildman–Crippen LogP) is 4.89. The molecule has 0 saturated heterocycles. The first kappa shape index (κ1) is 29.6. The largest absolute Gasteiger partial charge is 0.377 e. The molecule has 11 nitrogen and oxygen atoms in total. The van der Waals surface area contributed by atoms with E-state index in [2.05, 4.69) is 26.1 Å². The topological polar surface area (TPSA) is 137 Å². The molecule has 1 aromatic heterocycles. The fourth-order valence-corrected chi connectivity index (χ4v) is 4.38. The summed E-state index contributed by atoms with van der Waals surface area (Å²) in [7, 11) is 0. The van der Waals surface area contributed by atoms with E-state index in [-0.39, 0.29) is 5.91 Å². The van der Waals surface area contributed by atoms with Crippen LogP contribution in [0.3, 0.4) is 0 Å². The second-order valence-electron chi connectivity index (χ2n) is 9.78. The summed E-state index contributed by atoms with van der Waals surface area (Å²) >= 11 is 0. The smallest absolute Gasteiger partial charge is 0.251 e. The third kappa shape index (κ3) is 9.59. The Hall–Kier alpha value is -4.87. The predicted molar refractivity (Wildman–Crippen MR) is 171 cm³/mol. The second-order valence-corrected chi connectivity index (χ2v) is 9.78. The number of fused-ring (bicyclic) bond motifs is 1. The molecule has 43 heavy (non-hydrogen) atoms. The number of anilines is 2. The minimum atomic E-state index is -0.108. The molecule has 1 aliphatic heterocycles. The Morgan fingerprint density at radius 2 is 1.63 bits per heavy atom. The van der Waals surface area contributed by atoms with Gasteiger partial charge in [0.25, 0.3) is 5.91 Å². The number of hydrogen-bond acceptors (Lipinski definition) is 8. The van der Waals surface area contributed by atoms with Gasteiger partial charge in [0.1, 0.15) is 11.7 Å². The third-order valence-corrected chi connectivity index (χ3v) is 6.52. The number of H-pyrrole nitrogens is 1. The fraction of sp³-hybridized carbons (Fsp3) is 0.281. The lowest BCUT2D eigenvalue weighted by molar-refractivity contribution is 0.0512. The number of amidine groups is 2. The summed E-state index contributed by atoms with van der Waals surface area (Å²) in [5.74, 6) is 1.91. The van der Waals surface area contributed by atoms with Gasteiger partial charge in [-0.15, -0.1) is 0 Å². The van der Waals surface area contributed by atoms with Gasteiger partial charge in [0.15, 0.2) is 0 Å². The van der Waals surface area contributed by atoms with Gasteiger partial charge in [-0.05, 0) is 48.9 Å². The van der Waals surface area contributed by atoms with Gasteiger partial charge in [0.05, 0.1) is 44.7 Å². The lowest BCUT2D eigenvalue weighted by Crippen LogP contribution is -2.27. The molecule has 0 atom stereocenters. The zero-order chi connectivity index (χ0) is 29.5. The number of nitrogens with zero attached hydrogens (tertiary/aromatic N) is 4. The summed E-state index contributed by atoms with van der Waals surface area (Å²) in [6, 6.07) is 25.1. The van der Waals surface area contributed by atoms with Crippen LogP contribution in [-0.2, 0) is 9.47 Å². The lowest BCUT2D eigenvalue weighted by atomic mass is 10.2. The number of benzene rings is 3. The molecule has 4 N–H and O–H groups in total. The first-order valence-corrected chi connectivity index (χ1v) is 14.4. The Balaban J connectivity index is 1.10. The van der Waals surface area contributed by atoms with Gasteiger partial charge in [-0.3, -0.25) is 14.9 Å². The van der Waals surface area contributed by atoms with E-state index < -0.39 is 0 Å². The zero-order valence-electron chi connectivity index (χ0n) is 24.0. The highest BCUT2D eigenvalue weighted by Gasteiger charge is 2.12. The van der Waals surface area contributed by atoms with Crippen LogP contribution in [0.4, 0.5) is 11.4 Å². The van der Waals surface area contributed by atoms with Crippen molar-refractivity contribution in [2.45, 2.75) is 19.3 Å². The highest BCUT2D eigenvalue weighted by Crippen LogP contribution is 2.18. The summed E-state index contributed by atoms with van der Waals surface area (Å²) < 4.78 is 11.2. The summed E-state index contributed by atoms with van der Waals surface area (Å²) in [5.41, 5.74) is 3.39. The average Bonchev–Trinajstić information content (AvgIpc) is 3.49. The van der Waals surface area contributed by atoms with E-state index in [9.17, 15) is 4.79 Å². The molecule has 4 aromatic rings. The number of ether oxygens (including phenoxy) is 2. The van der Waals surface area contributed by atoms with Crippen LogP contribution in [0, 0.1) is 0 Å². The third-order valence-electron chi connectivity index (χ3n) is 6.52. The summed E-state index contributed by atoms with van der Waals surface area (Å²) in [5, 5.41) is 17.7. The maximum Gasteiger partial charge on any atom is 0.251 e. The number of aromatic amines is 1. The number of guanidine groups is 1. The van der Waals surface area contributed by atoms with Crippen LogP contribution in [0.5, 0.6) is 0 Å². The van der Waals surface area contributed by atoms with Crippen LogP contribution in [0.25, 0.3) is 10.9 Å². The van der Waals surface area contributed by atoms with Crippen LogP contribution in [-0.4, -0.2) is 73.3 Å². The molecule has 0 radical (unpaired) electrons. The van der Waals surface area contributed by atoms with Gasteiger partial charge >= 0.3 is 0 Å². The molecule has 0 saturated carbocycles. The Bertz CT molecular complexity index is 1550. The summed E-state index contributed by atoms with van der Waals surface area (Å²) in [4.78, 5) is 26.3. The van der Waals surface area contributed by atoms with Crippen LogP contribution in [0.2, 0.25) is 0 Å². The van der Waals surface area contributed by atoms with Crippen molar-refractivity contribution in [1.82, 2.24) is 15.5 Å². The number of aliphatic imine (C=N–C) groups is 3. The van der Waals surface area contributed by atoms with E-state index in [0.29, 0.717) is 51.0 Å². The minimum Gasteiger partial charge on any atom is -0.377 e. The van der Waals surface area contributed by atoms with Crippen LogP contribution >= 0.6 is 0 Å². The van der Waals surface area contributed by atoms with Gasteiger partial charge in [-0.25, -0.2) is 0 Å². The molecule has 0 unspecified atom stereocenters. The Labute approximate surface area is 250 Å². The Morgan fingerprint density at radius 1 is 0.837 bits per heavy atom. The maximum absolute atomic E-state index is 12.0. The van der Waals surface area contributed by atoms with Crippen molar-refractivity contribution in [2.24, 2.45) is 15.0 Å². The molecule has 222 valence electrons. The average molecular weight is 581 g/mol. The second kappa shape index (κ2) is 15.9. The monoisotopic (exact) mass is 580 g/mol. The van der Waals surface area contributed by atoms with Crippen molar-refractivity contribution < 1.29 is 14.3 Å². The highest BCUT2D eigenvalue weighted by atomic mass is 16.5. The molecule has 2 heterocycles. The van der Waals surface area contributed by atoms with E-state index in [4.69, 9.17) is 24.5 Å². The van der Waals surface area contributed by atoms with Crippen molar-refractivity contribution in [1.29, 1.82) is 0 Å². The van der Waals surface area contributed by atoms with Crippen LogP contribution in [0.15, 0.2) is 100 Å². The van der Waals surface area contributed by atoms with Crippen molar-refractivity contribution >= 4 is 45.8 Å². The molecule has 3 aromatic carbocycles. The fourth-order valence-electron chi connectivity index (χ4n) is 4.38. The molecular weight excluding hydrogens is 544 g/mol. The summed E-state index contributed by atoms with van der Waals surface area (Å²) in [6.45, 7) is 2.69. The first-order chi connectivity index (χ1) is 21.2. The SMILES string of the molecule is O=C(NCCOCCOCCN=C1CCCC(Nc2ccccc2)=NC(Nc2ccc3cn[nH]c3c2)=N1)c1ccccc1. The molecule has 0 bridgehead atoms. The van der Waals surface area contributed by atoms with E-state index >= 15 is 0 Å². The molecule has 5 rings (SSSR count). The highest BCUT2D eigenvalue weighted by molar-refractivity contribution is 6.11. The number of nitrogens with one attached hydrogen (secondary N) is 4. The van der Waals surface area contributed by atoms with Crippen molar-refractivity contribution in [2.75, 3.05) is 50.2 Å². The molecule has 0 aliphatic carbocycles. The number of carbonyl (C=O) groups is 1. The zero-order valence-corrected chi connectivity index (χ0v) is 24.0. The number of para-hydroxylation sites is 1. The molecule has 0 fully saturated rings. The van der Waals surface area contributed by atoms with Crippen molar-refractivity contribution in [3.63, 3.8) is 0 Å². The molecule has 0 spiro atoms. The molecular formula is C32H36N8O3. The Morgan fingerprint density at radius 3 is 2.47 bits per heavy atom. The normalized spacial score (nSPS) is 14.5. The first-order valence-electron chi connectivity index (χ1n) is 14.4. The molecule has 1 aliphatic rings. The van der Waals surface area contributed by atoms with E-state index in [0.717, 1.165) is 53.2 Å². The number of rotatable bonds is 12. The van der Waals surface area contributed by atoms with E-state index in [1.807, 2.05) is 66.7 Å². The maximum atomic E-state index is 12.0. The van der Waals surface area contributed by atoms with Gasteiger partial charge in [-0.2, -0.15) is 15.1 Å². The van der Waals surface area contributed by atoms with Gasteiger partial charge in [0, 0.05) is 41.7 Å². The standard InChI is InChI=1S/C32H36N8O3/c41-31(24-8-3-1-4-9-24)34-17-19-43-21-20-42-18-16-33-29-12-7-13-30(36-26-10-5-2-6-11-26)39-32(38-29)37-27-15-14-25-23-35-40-28(25)22-27/h1-6,8-11,14-15,22-23H,7,12-13,16-21H2,(H,34,41)(H,35,40)(H2,33,36,37,38,39). The number of hydrogen-bond donors (Lipinski definition) is 4. The number of aromatic nitrogens is 2. The van der Waals surface area contributed by atoms with Crippen LogP contribution < -0.4 is 16.0 Å². The number of carbonyl (C=O) groups excluding carboxylic acids is 1. The van der Waals surface area contributed by atoms with Gasteiger partial charge in [0.2, 0.25) is 5.96 Å². The number of amides is 1. The van der Waals surface area contributed by atoms with Crippen molar-refractivity contribution in [3.8, 4) is 0 Å². The molecule has 11 heteroatoms. The van der Waals surface area contributed by atoms with Crippen molar-refractivity contribution in [3.05, 3.63) is 90.6 Å².